The summed E-state index contributed by atoms with van der Waals surface area (Å²) in [7, 11) is 0. The highest BCUT2D eigenvalue weighted by molar-refractivity contribution is 5.84. The second kappa shape index (κ2) is 5.60. The zero-order chi connectivity index (χ0) is 14.8. The topological polar surface area (TPSA) is 49.9 Å². The Morgan fingerprint density at radius 1 is 1.29 bits per heavy atom. The molecule has 2 aliphatic rings. The van der Waals surface area contributed by atoms with E-state index in [9.17, 15) is 9.59 Å². The van der Waals surface area contributed by atoms with Crippen molar-refractivity contribution in [2.45, 2.75) is 18.9 Å². The van der Waals surface area contributed by atoms with Crippen molar-refractivity contribution in [1.82, 2.24) is 10.0 Å². The van der Waals surface area contributed by atoms with E-state index in [2.05, 4.69) is 6.58 Å². The van der Waals surface area contributed by atoms with Crippen molar-refractivity contribution >= 4 is 12.0 Å². The molecule has 2 fully saturated rings. The van der Waals surface area contributed by atoms with Gasteiger partial charge in [0.25, 0.3) is 0 Å². The van der Waals surface area contributed by atoms with E-state index in [-0.39, 0.29) is 24.5 Å². The molecule has 110 valence electrons. The fraction of sp³-hybridized carbons (Fsp3) is 0.375. The van der Waals surface area contributed by atoms with Crippen LogP contribution >= 0.6 is 0 Å². The minimum atomic E-state index is -0.437. The van der Waals surface area contributed by atoms with Crippen LogP contribution in [0.25, 0.3) is 0 Å². The van der Waals surface area contributed by atoms with Crippen LogP contribution in [0.15, 0.2) is 43.0 Å². The number of rotatable bonds is 3. The maximum absolute atomic E-state index is 12.7. The second-order valence-corrected chi connectivity index (χ2v) is 5.32. The highest BCUT2D eigenvalue weighted by Crippen LogP contribution is 2.34. The Kier molecular flexibility index (Phi) is 3.64. The molecule has 0 aromatic heterocycles. The summed E-state index contributed by atoms with van der Waals surface area (Å²) >= 11 is 0. The lowest BCUT2D eigenvalue weighted by Crippen LogP contribution is -2.61. The van der Waals surface area contributed by atoms with Crippen LogP contribution in [0.2, 0.25) is 0 Å². The van der Waals surface area contributed by atoms with Gasteiger partial charge in [0.15, 0.2) is 0 Å². The molecular weight excluding hydrogens is 268 g/mol. The van der Waals surface area contributed by atoms with Gasteiger partial charge >= 0.3 is 6.09 Å². The summed E-state index contributed by atoms with van der Waals surface area (Å²) < 4.78 is 5.23. The van der Waals surface area contributed by atoms with Crippen LogP contribution in [-0.2, 0) is 9.53 Å². The molecule has 0 unspecified atom stereocenters. The van der Waals surface area contributed by atoms with Crippen LogP contribution in [0.5, 0.6) is 0 Å². The summed E-state index contributed by atoms with van der Waals surface area (Å²) in [4.78, 5) is 24.6. The number of benzene rings is 1. The zero-order valence-electron chi connectivity index (χ0n) is 11.8. The van der Waals surface area contributed by atoms with Crippen molar-refractivity contribution in [2.75, 3.05) is 13.2 Å². The lowest BCUT2D eigenvalue weighted by molar-refractivity contribution is -0.177. The monoisotopic (exact) mass is 286 g/mol. The Balaban J connectivity index is 1.93. The molecule has 2 aliphatic heterocycles. The Morgan fingerprint density at radius 3 is 2.76 bits per heavy atom. The third kappa shape index (κ3) is 2.39. The molecule has 0 saturated carbocycles. The Hall–Kier alpha value is -2.30. The number of hydrogen-bond acceptors (Lipinski definition) is 3. The van der Waals surface area contributed by atoms with Gasteiger partial charge in [-0.05, 0) is 18.4 Å². The van der Waals surface area contributed by atoms with Gasteiger partial charge in [-0.2, -0.15) is 0 Å². The first-order valence-electron chi connectivity index (χ1n) is 7.15. The molecule has 2 heterocycles. The van der Waals surface area contributed by atoms with Gasteiger partial charge in [-0.3, -0.25) is 4.79 Å². The number of carbonyl (C=O) groups excluding carboxylic acids is 2. The van der Waals surface area contributed by atoms with Gasteiger partial charge in [0.2, 0.25) is 5.91 Å². The molecule has 2 saturated heterocycles. The highest BCUT2D eigenvalue weighted by atomic mass is 16.6. The number of amides is 2. The summed E-state index contributed by atoms with van der Waals surface area (Å²) in [6.07, 6.45) is 2.61. The molecule has 0 aliphatic carbocycles. The van der Waals surface area contributed by atoms with E-state index in [0.717, 1.165) is 5.56 Å². The maximum atomic E-state index is 12.7. The molecule has 5 nitrogen and oxygen atoms in total. The first-order chi connectivity index (χ1) is 10.2. The average Bonchev–Trinajstić information content (AvgIpc) is 2.52. The third-order valence-electron chi connectivity index (χ3n) is 4.03. The van der Waals surface area contributed by atoms with Crippen molar-refractivity contribution in [2.24, 2.45) is 5.92 Å². The summed E-state index contributed by atoms with van der Waals surface area (Å²) in [5.41, 5.74) is 0.975. The van der Waals surface area contributed by atoms with Gasteiger partial charge in [-0.1, -0.05) is 36.4 Å². The van der Waals surface area contributed by atoms with Crippen molar-refractivity contribution < 1.29 is 14.3 Å². The van der Waals surface area contributed by atoms with Crippen LogP contribution < -0.4 is 0 Å². The molecule has 0 N–H and O–H groups in total. The van der Waals surface area contributed by atoms with Gasteiger partial charge in [0.05, 0.1) is 0 Å². The number of hydrazine groups is 1. The van der Waals surface area contributed by atoms with E-state index in [0.29, 0.717) is 19.4 Å². The Labute approximate surface area is 123 Å². The molecular formula is C16H18N2O3. The van der Waals surface area contributed by atoms with E-state index in [1.807, 2.05) is 30.3 Å². The van der Waals surface area contributed by atoms with E-state index in [1.165, 1.54) is 5.01 Å². The Morgan fingerprint density at radius 2 is 2.05 bits per heavy atom. The number of cyclic esters (lactones) is 1. The third-order valence-corrected chi connectivity index (χ3v) is 4.03. The predicted octanol–water partition coefficient (Wildman–Crippen LogP) is 2.52. The quantitative estimate of drug-likeness (QED) is 0.802. The summed E-state index contributed by atoms with van der Waals surface area (Å²) in [5.74, 6) is -0.123. The summed E-state index contributed by atoms with van der Waals surface area (Å²) in [6, 6.07) is 9.43. The van der Waals surface area contributed by atoms with Crippen LogP contribution in [-0.4, -0.2) is 35.2 Å². The molecule has 3 rings (SSSR count). The van der Waals surface area contributed by atoms with Gasteiger partial charge in [0, 0.05) is 12.5 Å². The van der Waals surface area contributed by atoms with E-state index in [1.54, 1.807) is 11.1 Å². The molecule has 0 spiro atoms. The van der Waals surface area contributed by atoms with Crippen LogP contribution in [0.4, 0.5) is 4.79 Å². The average molecular weight is 286 g/mol. The van der Waals surface area contributed by atoms with Crippen LogP contribution in [0.3, 0.4) is 0 Å². The lowest BCUT2D eigenvalue weighted by atomic mass is 9.95. The van der Waals surface area contributed by atoms with E-state index >= 15 is 0 Å². The number of fused-ring (bicyclic) bond motifs is 1. The molecule has 2 amide bonds. The summed E-state index contributed by atoms with van der Waals surface area (Å²) in [5, 5.41) is 3.02. The molecule has 2 atom stereocenters. The lowest BCUT2D eigenvalue weighted by Gasteiger charge is -2.47. The zero-order valence-corrected chi connectivity index (χ0v) is 11.8. The van der Waals surface area contributed by atoms with Crippen molar-refractivity contribution in [3.8, 4) is 0 Å². The van der Waals surface area contributed by atoms with Gasteiger partial charge in [-0.25, -0.2) is 14.8 Å². The predicted molar refractivity (Wildman–Crippen MR) is 77.0 cm³/mol. The first-order valence-corrected chi connectivity index (χ1v) is 7.15. The standard InChI is InChI=1S/C16H18N2O3/c1-2-6-13-9-10-17-16(20)21-11-14(18(17)15(13)19)12-7-4-3-5-8-12/h2-5,7-8,13-14H,1,6,9-11H2/t13-,14-/m0/s1. The number of nitrogens with zero attached hydrogens (tertiary/aromatic N) is 2. The van der Waals surface area contributed by atoms with Gasteiger partial charge in [0.1, 0.15) is 12.6 Å². The molecule has 5 heteroatoms. The first kappa shape index (κ1) is 13.7. The van der Waals surface area contributed by atoms with Gasteiger partial charge < -0.3 is 4.74 Å². The minimum Gasteiger partial charge on any atom is -0.446 e. The van der Waals surface area contributed by atoms with E-state index < -0.39 is 6.09 Å². The maximum Gasteiger partial charge on any atom is 0.428 e. The second-order valence-electron chi connectivity index (χ2n) is 5.32. The summed E-state index contributed by atoms with van der Waals surface area (Å²) in [6.45, 7) is 4.42. The van der Waals surface area contributed by atoms with Crippen LogP contribution in [0.1, 0.15) is 24.4 Å². The number of ether oxygens (including phenoxy) is 1. The number of carbonyl (C=O) groups is 2. The SMILES string of the molecule is C=CC[C@H]1CCN2C(=O)OC[C@@H](c3ccccc3)N2C1=O. The smallest absolute Gasteiger partial charge is 0.428 e. The normalized spacial score (nSPS) is 25.3. The molecule has 21 heavy (non-hydrogen) atoms. The molecule has 0 radical (unpaired) electrons. The van der Waals surface area contributed by atoms with Crippen molar-refractivity contribution in [3.05, 3.63) is 48.6 Å². The number of allylic oxidation sites excluding steroid dienone is 1. The molecule has 0 bridgehead atoms. The van der Waals surface area contributed by atoms with Crippen LogP contribution in [0, 0.1) is 5.92 Å². The molecule has 1 aromatic rings. The minimum absolute atomic E-state index is 0.0216. The van der Waals surface area contributed by atoms with Crippen molar-refractivity contribution in [3.63, 3.8) is 0 Å². The van der Waals surface area contributed by atoms with E-state index in [4.69, 9.17) is 4.74 Å². The fourth-order valence-corrected chi connectivity index (χ4v) is 2.94. The largest absolute Gasteiger partial charge is 0.446 e. The number of hydrogen-bond donors (Lipinski definition) is 0. The van der Waals surface area contributed by atoms with Crippen molar-refractivity contribution in [1.29, 1.82) is 0 Å². The Bertz CT molecular complexity index is 558. The molecule has 1 aromatic carbocycles. The van der Waals surface area contributed by atoms with Gasteiger partial charge in [-0.15, -0.1) is 6.58 Å². The fourth-order valence-electron chi connectivity index (χ4n) is 2.94. The highest BCUT2D eigenvalue weighted by Gasteiger charge is 2.44.